The highest BCUT2D eigenvalue weighted by atomic mass is 15.2. The van der Waals surface area contributed by atoms with Crippen molar-refractivity contribution >= 4 is 49.4 Å². The number of hydrogen-bond acceptors (Lipinski definition) is 1. The zero-order valence-electron chi connectivity index (χ0n) is 22.7. The van der Waals surface area contributed by atoms with Crippen molar-refractivity contribution in [3.63, 3.8) is 0 Å². The van der Waals surface area contributed by atoms with Crippen molar-refractivity contribution in [2.45, 2.75) is 19.3 Å². The summed E-state index contributed by atoms with van der Waals surface area (Å²) >= 11 is 0. The van der Waals surface area contributed by atoms with E-state index < -0.39 is 0 Å². The third-order valence-electron chi connectivity index (χ3n) is 8.82. The molecule has 0 N–H and O–H groups in total. The minimum Gasteiger partial charge on any atom is -0.310 e. The molecule has 0 aliphatic carbocycles. The monoisotopic (exact) mass is 511 g/mol. The molecule has 1 nitrogen and oxygen atoms in total. The Morgan fingerprint density at radius 3 is 1.65 bits per heavy atom. The van der Waals surface area contributed by atoms with Crippen molar-refractivity contribution in [2.24, 2.45) is 0 Å². The molecule has 7 aromatic rings. The van der Waals surface area contributed by atoms with Gasteiger partial charge in [-0.3, -0.25) is 0 Å². The first-order valence-electron chi connectivity index (χ1n) is 14.0. The van der Waals surface area contributed by atoms with E-state index in [1.54, 1.807) is 0 Å². The fourth-order valence-electron chi connectivity index (χ4n) is 6.83. The highest BCUT2D eigenvalue weighted by Gasteiger charge is 2.37. The molecule has 1 heteroatoms. The van der Waals surface area contributed by atoms with Crippen LogP contribution in [-0.4, -0.2) is 0 Å². The first-order chi connectivity index (χ1) is 19.6. The Balaban J connectivity index is 1.41. The second-order valence-electron chi connectivity index (χ2n) is 11.4. The molecule has 1 aliphatic rings. The molecule has 0 saturated heterocycles. The van der Waals surface area contributed by atoms with Gasteiger partial charge in [-0.25, -0.2) is 0 Å². The van der Waals surface area contributed by atoms with Gasteiger partial charge in [0.1, 0.15) is 0 Å². The van der Waals surface area contributed by atoms with Crippen LogP contribution < -0.4 is 4.90 Å². The summed E-state index contributed by atoms with van der Waals surface area (Å²) in [6, 6.07) is 51.2. The molecule has 0 radical (unpaired) electrons. The number of para-hydroxylation sites is 1. The largest absolute Gasteiger partial charge is 0.310 e. The van der Waals surface area contributed by atoms with E-state index in [0.717, 1.165) is 0 Å². The predicted octanol–water partition coefficient (Wildman–Crippen LogP) is 10.9. The van der Waals surface area contributed by atoms with E-state index in [4.69, 9.17) is 0 Å². The van der Waals surface area contributed by atoms with E-state index in [2.05, 4.69) is 158 Å². The topological polar surface area (TPSA) is 3.24 Å². The SMILES string of the molecule is CC1(C)c2ccccc2N(c2ccc3c4ccccc4c4ccccc4c3c2)c2ccc(-c3ccccc3)cc21. The number of benzene rings is 7. The lowest BCUT2D eigenvalue weighted by atomic mass is 9.73. The molecular formula is C39H29N. The Kier molecular flexibility index (Phi) is 4.93. The molecule has 40 heavy (non-hydrogen) atoms. The maximum atomic E-state index is 2.47. The van der Waals surface area contributed by atoms with E-state index in [9.17, 15) is 0 Å². The Morgan fingerprint density at radius 1 is 0.400 bits per heavy atom. The Hall–Kier alpha value is -4.88. The van der Waals surface area contributed by atoms with Crippen molar-refractivity contribution in [3.8, 4) is 11.1 Å². The van der Waals surface area contributed by atoms with Crippen LogP contribution in [0.3, 0.4) is 0 Å². The summed E-state index contributed by atoms with van der Waals surface area (Å²) in [6.07, 6.45) is 0. The van der Waals surface area contributed by atoms with Crippen molar-refractivity contribution in [3.05, 3.63) is 151 Å². The minimum absolute atomic E-state index is 0.132. The molecule has 0 saturated carbocycles. The van der Waals surface area contributed by atoms with Gasteiger partial charge in [-0.15, -0.1) is 0 Å². The van der Waals surface area contributed by atoms with E-state index in [1.165, 1.54) is 71.6 Å². The standard InChI is InChI=1S/C39H29N/c1-39(2)35-18-10-11-19-37(35)40(38-23-20-27(24-36(38)39)26-12-4-3-5-13-26)28-21-22-33-31-16-7-6-14-29(31)30-15-8-9-17-32(30)34(33)25-28/h3-25H,1-2H3. The van der Waals surface area contributed by atoms with Gasteiger partial charge >= 0.3 is 0 Å². The minimum atomic E-state index is -0.132. The number of fused-ring (bicyclic) bond motifs is 8. The highest BCUT2D eigenvalue weighted by Crippen LogP contribution is 2.53. The van der Waals surface area contributed by atoms with Gasteiger partial charge in [0.2, 0.25) is 0 Å². The first kappa shape index (κ1) is 23.0. The summed E-state index contributed by atoms with van der Waals surface area (Å²) in [7, 11) is 0. The third kappa shape index (κ3) is 3.28. The van der Waals surface area contributed by atoms with E-state index in [0.29, 0.717) is 0 Å². The van der Waals surface area contributed by atoms with E-state index in [1.807, 2.05) is 0 Å². The van der Waals surface area contributed by atoms with Crippen LogP contribution in [0.4, 0.5) is 17.1 Å². The molecule has 0 bridgehead atoms. The van der Waals surface area contributed by atoms with Crippen LogP contribution in [0.2, 0.25) is 0 Å². The summed E-state index contributed by atoms with van der Waals surface area (Å²) in [5, 5.41) is 7.79. The fraction of sp³-hybridized carbons (Fsp3) is 0.0769. The van der Waals surface area contributed by atoms with Gasteiger partial charge in [-0.05, 0) is 84.9 Å². The van der Waals surface area contributed by atoms with Crippen LogP contribution in [0, 0.1) is 0 Å². The van der Waals surface area contributed by atoms with Crippen LogP contribution in [0.15, 0.2) is 140 Å². The van der Waals surface area contributed by atoms with Crippen molar-refractivity contribution < 1.29 is 0 Å². The van der Waals surface area contributed by atoms with E-state index >= 15 is 0 Å². The summed E-state index contributed by atoms with van der Waals surface area (Å²) in [4.78, 5) is 2.47. The molecule has 0 fully saturated rings. The van der Waals surface area contributed by atoms with Gasteiger partial charge in [0.05, 0.1) is 11.4 Å². The smallest absolute Gasteiger partial charge is 0.0503 e. The molecule has 0 spiro atoms. The molecule has 7 aromatic carbocycles. The molecule has 0 aromatic heterocycles. The van der Waals surface area contributed by atoms with Crippen LogP contribution in [0.5, 0.6) is 0 Å². The zero-order chi connectivity index (χ0) is 26.8. The lowest BCUT2D eigenvalue weighted by Gasteiger charge is -2.42. The summed E-state index contributed by atoms with van der Waals surface area (Å²) in [5.41, 5.74) is 8.73. The van der Waals surface area contributed by atoms with Crippen molar-refractivity contribution in [2.75, 3.05) is 4.90 Å². The van der Waals surface area contributed by atoms with Gasteiger partial charge < -0.3 is 4.90 Å². The lowest BCUT2D eigenvalue weighted by Crippen LogP contribution is -2.30. The molecule has 8 rings (SSSR count). The third-order valence-corrected chi connectivity index (χ3v) is 8.82. The zero-order valence-corrected chi connectivity index (χ0v) is 22.7. The number of nitrogens with zero attached hydrogens (tertiary/aromatic N) is 1. The van der Waals surface area contributed by atoms with Gasteiger partial charge in [0.15, 0.2) is 0 Å². The van der Waals surface area contributed by atoms with Crippen LogP contribution in [0.25, 0.3) is 43.4 Å². The Bertz CT molecular complexity index is 2050. The molecule has 0 atom stereocenters. The molecule has 1 aliphatic heterocycles. The molecule has 190 valence electrons. The maximum absolute atomic E-state index is 2.47. The van der Waals surface area contributed by atoms with Crippen molar-refractivity contribution in [1.82, 2.24) is 0 Å². The van der Waals surface area contributed by atoms with Gasteiger partial charge in [0.25, 0.3) is 0 Å². The fourth-order valence-corrected chi connectivity index (χ4v) is 6.83. The highest BCUT2D eigenvalue weighted by molar-refractivity contribution is 6.25. The molecule has 0 unspecified atom stereocenters. The van der Waals surface area contributed by atoms with Crippen LogP contribution in [-0.2, 0) is 5.41 Å². The Morgan fingerprint density at radius 2 is 0.950 bits per heavy atom. The quantitative estimate of drug-likeness (QED) is 0.209. The average Bonchev–Trinajstić information content (AvgIpc) is 3.02. The van der Waals surface area contributed by atoms with Gasteiger partial charge in [-0.2, -0.15) is 0 Å². The summed E-state index contributed by atoms with van der Waals surface area (Å²) in [5.74, 6) is 0. The van der Waals surface area contributed by atoms with Crippen molar-refractivity contribution in [1.29, 1.82) is 0 Å². The second-order valence-corrected chi connectivity index (χ2v) is 11.4. The first-order valence-corrected chi connectivity index (χ1v) is 14.0. The van der Waals surface area contributed by atoms with Crippen LogP contribution >= 0.6 is 0 Å². The molecule has 1 heterocycles. The molecular weight excluding hydrogens is 482 g/mol. The number of anilines is 3. The number of hydrogen-bond donors (Lipinski definition) is 0. The maximum Gasteiger partial charge on any atom is 0.0503 e. The van der Waals surface area contributed by atoms with E-state index in [-0.39, 0.29) is 5.41 Å². The average molecular weight is 512 g/mol. The number of rotatable bonds is 2. The summed E-state index contributed by atoms with van der Waals surface area (Å²) < 4.78 is 0. The lowest BCUT2D eigenvalue weighted by molar-refractivity contribution is 0.632. The summed E-state index contributed by atoms with van der Waals surface area (Å²) in [6.45, 7) is 4.72. The Labute approximate surface area is 234 Å². The van der Waals surface area contributed by atoms with Gasteiger partial charge in [-0.1, -0.05) is 123 Å². The molecule has 0 amide bonds. The van der Waals surface area contributed by atoms with Crippen LogP contribution in [0.1, 0.15) is 25.0 Å². The van der Waals surface area contributed by atoms with Gasteiger partial charge in [0, 0.05) is 11.1 Å². The second kappa shape index (κ2) is 8.56. The normalized spacial score (nSPS) is 13.9. The predicted molar refractivity (Wildman–Crippen MR) is 171 cm³/mol.